The zero-order chi connectivity index (χ0) is 18.7. The standard InChI is InChI=1S/C18H19BrClN5O/c1-3-24-11-16(20)17(22-24)12-23(2)18(26)14-6-4-5-13(7-14)9-25-10-15(19)8-21-25/h4-8,10-11H,3,9,12H2,1-2H3. The van der Waals surface area contributed by atoms with Crippen LogP contribution in [0.5, 0.6) is 0 Å². The number of halogens is 2. The summed E-state index contributed by atoms with van der Waals surface area (Å²) in [5.41, 5.74) is 2.33. The Hall–Kier alpha value is -2.12. The van der Waals surface area contributed by atoms with Crippen LogP contribution in [0.25, 0.3) is 0 Å². The molecule has 3 aromatic rings. The van der Waals surface area contributed by atoms with Gasteiger partial charge in [-0.05, 0) is 40.5 Å². The molecule has 136 valence electrons. The molecule has 8 heteroatoms. The van der Waals surface area contributed by atoms with Crippen molar-refractivity contribution >= 4 is 33.4 Å². The molecule has 0 unspecified atom stereocenters. The second kappa shape index (κ2) is 8.05. The van der Waals surface area contributed by atoms with Gasteiger partial charge in [-0.1, -0.05) is 23.7 Å². The molecule has 2 aromatic heterocycles. The van der Waals surface area contributed by atoms with Crippen LogP contribution in [0.3, 0.4) is 0 Å². The van der Waals surface area contributed by atoms with Gasteiger partial charge in [0.05, 0.1) is 28.8 Å². The molecule has 2 heterocycles. The zero-order valence-electron chi connectivity index (χ0n) is 14.6. The van der Waals surface area contributed by atoms with Crippen molar-refractivity contribution in [1.29, 1.82) is 0 Å². The van der Waals surface area contributed by atoms with Crippen LogP contribution in [-0.4, -0.2) is 37.4 Å². The average Bonchev–Trinajstić information content (AvgIpc) is 3.19. The number of rotatable bonds is 6. The topological polar surface area (TPSA) is 56.0 Å². The molecule has 0 saturated carbocycles. The Balaban J connectivity index is 1.72. The first kappa shape index (κ1) is 18.7. The number of aromatic nitrogens is 4. The monoisotopic (exact) mass is 435 g/mol. The summed E-state index contributed by atoms with van der Waals surface area (Å²) in [5.74, 6) is -0.0735. The third-order valence-corrected chi connectivity index (χ3v) is 4.69. The zero-order valence-corrected chi connectivity index (χ0v) is 16.9. The van der Waals surface area contributed by atoms with E-state index in [1.807, 2.05) is 42.1 Å². The van der Waals surface area contributed by atoms with E-state index in [2.05, 4.69) is 26.1 Å². The van der Waals surface area contributed by atoms with Gasteiger partial charge >= 0.3 is 0 Å². The highest BCUT2D eigenvalue weighted by molar-refractivity contribution is 9.10. The largest absolute Gasteiger partial charge is 0.336 e. The predicted octanol–water partition coefficient (Wildman–Crippen LogP) is 3.84. The van der Waals surface area contributed by atoms with Gasteiger partial charge < -0.3 is 4.90 Å². The Morgan fingerprint density at radius 1 is 1.31 bits per heavy atom. The molecule has 0 fully saturated rings. The lowest BCUT2D eigenvalue weighted by atomic mass is 10.1. The molecule has 0 bridgehead atoms. The average molecular weight is 437 g/mol. The van der Waals surface area contributed by atoms with Crippen molar-refractivity contribution in [2.45, 2.75) is 26.6 Å². The van der Waals surface area contributed by atoms with Crippen molar-refractivity contribution < 1.29 is 4.79 Å². The van der Waals surface area contributed by atoms with Crippen LogP contribution < -0.4 is 0 Å². The summed E-state index contributed by atoms with van der Waals surface area (Å²) in [5, 5.41) is 9.21. The Kier molecular flexibility index (Phi) is 5.78. The van der Waals surface area contributed by atoms with E-state index in [1.54, 1.807) is 29.0 Å². The molecule has 0 radical (unpaired) electrons. The van der Waals surface area contributed by atoms with Gasteiger partial charge in [0.15, 0.2) is 0 Å². The maximum absolute atomic E-state index is 12.8. The smallest absolute Gasteiger partial charge is 0.253 e. The van der Waals surface area contributed by atoms with E-state index < -0.39 is 0 Å². The van der Waals surface area contributed by atoms with Gasteiger partial charge in [-0.2, -0.15) is 10.2 Å². The Morgan fingerprint density at radius 2 is 2.12 bits per heavy atom. The highest BCUT2D eigenvalue weighted by Gasteiger charge is 2.16. The van der Waals surface area contributed by atoms with E-state index in [0.717, 1.165) is 16.6 Å². The highest BCUT2D eigenvalue weighted by atomic mass is 79.9. The van der Waals surface area contributed by atoms with Gasteiger partial charge in [-0.3, -0.25) is 14.2 Å². The maximum atomic E-state index is 12.8. The van der Waals surface area contributed by atoms with Crippen molar-refractivity contribution in [2.75, 3.05) is 7.05 Å². The van der Waals surface area contributed by atoms with E-state index in [9.17, 15) is 4.79 Å². The van der Waals surface area contributed by atoms with Crippen molar-refractivity contribution in [3.63, 3.8) is 0 Å². The van der Waals surface area contributed by atoms with Crippen LogP contribution in [-0.2, 0) is 19.6 Å². The molecule has 0 atom stereocenters. The van der Waals surface area contributed by atoms with E-state index in [1.165, 1.54) is 0 Å². The molecule has 1 amide bonds. The normalized spacial score (nSPS) is 10.9. The number of benzene rings is 1. The minimum Gasteiger partial charge on any atom is -0.336 e. The first-order valence-corrected chi connectivity index (χ1v) is 9.37. The fourth-order valence-electron chi connectivity index (χ4n) is 2.64. The summed E-state index contributed by atoms with van der Waals surface area (Å²) in [6.45, 7) is 3.69. The van der Waals surface area contributed by atoms with Crippen molar-refractivity contribution in [2.24, 2.45) is 0 Å². The molecule has 0 aliphatic rings. The second-order valence-electron chi connectivity index (χ2n) is 6.00. The number of carbonyl (C=O) groups excluding carboxylic acids is 1. The lowest BCUT2D eigenvalue weighted by molar-refractivity contribution is 0.0783. The van der Waals surface area contributed by atoms with Crippen LogP contribution in [0.1, 0.15) is 28.5 Å². The van der Waals surface area contributed by atoms with E-state index in [-0.39, 0.29) is 5.91 Å². The number of carbonyl (C=O) groups is 1. The number of hydrogen-bond donors (Lipinski definition) is 0. The molecular weight excluding hydrogens is 418 g/mol. The lowest BCUT2D eigenvalue weighted by Gasteiger charge is -2.16. The summed E-state index contributed by atoms with van der Waals surface area (Å²) in [7, 11) is 1.75. The molecule has 0 spiro atoms. The van der Waals surface area contributed by atoms with Gasteiger partial charge in [-0.15, -0.1) is 0 Å². The third kappa shape index (κ3) is 4.34. The van der Waals surface area contributed by atoms with Crippen molar-refractivity contribution in [3.05, 3.63) is 69.2 Å². The molecule has 0 aliphatic carbocycles. The fourth-order valence-corrected chi connectivity index (χ4v) is 3.18. The molecule has 3 rings (SSSR count). The summed E-state index contributed by atoms with van der Waals surface area (Å²) in [6.07, 6.45) is 5.41. The molecule has 1 aromatic carbocycles. The van der Waals surface area contributed by atoms with Gasteiger partial charge in [0.2, 0.25) is 0 Å². The van der Waals surface area contributed by atoms with Crippen LogP contribution in [0.4, 0.5) is 0 Å². The van der Waals surface area contributed by atoms with E-state index in [0.29, 0.717) is 29.4 Å². The summed E-state index contributed by atoms with van der Waals surface area (Å²) >= 11 is 9.59. The lowest BCUT2D eigenvalue weighted by Crippen LogP contribution is -2.26. The second-order valence-corrected chi connectivity index (χ2v) is 7.32. The van der Waals surface area contributed by atoms with Gasteiger partial charge in [-0.25, -0.2) is 0 Å². The number of amides is 1. The van der Waals surface area contributed by atoms with E-state index in [4.69, 9.17) is 11.6 Å². The molecule has 6 nitrogen and oxygen atoms in total. The van der Waals surface area contributed by atoms with Crippen LogP contribution >= 0.6 is 27.5 Å². The van der Waals surface area contributed by atoms with Crippen LogP contribution in [0.2, 0.25) is 5.02 Å². The molecule has 0 saturated heterocycles. The highest BCUT2D eigenvalue weighted by Crippen LogP contribution is 2.17. The Morgan fingerprint density at radius 3 is 2.77 bits per heavy atom. The molecule has 0 N–H and O–H groups in total. The van der Waals surface area contributed by atoms with Crippen LogP contribution in [0.15, 0.2) is 47.3 Å². The number of hydrogen-bond acceptors (Lipinski definition) is 3. The SMILES string of the molecule is CCn1cc(Cl)c(CN(C)C(=O)c2cccc(Cn3cc(Br)cn3)c2)n1. The summed E-state index contributed by atoms with van der Waals surface area (Å²) < 4.78 is 4.50. The predicted molar refractivity (Wildman–Crippen MR) is 104 cm³/mol. The van der Waals surface area contributed by atoms with Crippen LogP contribution in [0, 0.1) is 0 Å². The Bertz CT molecular complexity index is 920. The van der Waals surface area contributed by atoms with Gasteiger partial charge in [0.25, 0.3) is 5.91 Å². The van der Waals surface area contributed by atoms with Gasteiger partial charge in [0, 0.05) is 31.5 Å². The molecule has 0 aliphatic heterocycles. The van der Waals surface area contributed by atoms with Crippen molar-refractivity contribution in [3.8, 4) is 0 Å². The third-order valence-electron chi connectivity index (χ3n) is 3.97. The first-order chi connectivity index (χ1) is 12.5. The maximum Gasteiger partial charge on any atom is 0.253 e. The summed E-state index contributed by atoms with van der Waals surface area (Å²) in [6, 6.07) is 7.56. The van der Waals surface area contributed by atoms with E-state index >= 15 is 0 Å². The minimum atomic E-state index is -0.0735. The fraction of sp³-hybridized carbons (Fsp3) is 0.278. The van der Waals surface area contributed by atoms with Gasteiger partial charge in [0.1, 0.15) is 5.69 Å². The number of aryl methyl sites for hydroxylation is 1. The molecular formula is C18H19BrClN5O. The quantitative estimate of drug-likeness (QED) is 0.590. The molecule has 26 heavy (non-hydrogen) atoms. The minimum absolute atomic E-state index is 0.0735. The first-order valence-electron chi connectivity index (χ1n) is 8.20. The van der Waals surface area contributed by atoms with Crippen molar-refractivity contribution in [1.82, 2.24) is 24.5 Å². The number of nitrogens with zero attached hydrogens (tertiary/aromatic N) is 5. The Labute approximate surface area is 165 Å². The summed E-state index contributed by atoms with van der Waals surface area (Å²) in [4.78, 5) is 14.4.